The summed E-state index contributed by atoms with van der Waals surface area (Å²) >= 11 is 6.09. The van der Waals surface area contributed by atoms with Crippen LogP contribution in [0.4, 0.5) is 0 Å². The number of ketones is 1. The predicted molar refractivity (Wildman–Crippen MR) is 90.1 cm³/mol. The first-order valence-corrected chi connectivity index (χ1v) is 8.86. The van der Waals surface area contributed by atoms with E-state index >= 15 is 0 Å². The van der Waals surface area contributed by atoms with Crippen LogP contribution in [0, 0.1) is 0 Å². The van der Waals surface area contributed by atoms with Crippen molar-refractivity contribution < 1.29 is 29.3 Å². The topological polar surface area (TPSA) is 96.4 Å². The monoisotopic (exact) mass is 368 g/mol. The number of rotatable bonds is 0. The minimum Gasteiger partial charge on any atom is -0.507 e. The maximum atomic E-state index is 12.5. The van der Waals surface area contributed by atoms with Crippen LogP contribution in [0.25, 0.3) is 0 Å². The van der Waals surface area contributed by atoms with E-state index in [2.05, 4.69) is 0 Å². The molecule has 25 heavy (non-hydrogen) atoms. The van der Waals surface area contributed by atoms with Crippen molar-refractivity contribution >= 4 is 23.4 Å². The average Bonchev–Trinajstić information content (AvgIpc) is 3.25. The molecule has 0 radical (unpaired) electrons. The Bertz CT molecular complexity index is 701. The van der Waals surface area contributed by atoms with Gasteiger partial charge in [0.05, 0.1) is 17.2 Å². The molecule has 2 heterocycles. The van der Waals surface area contributed by atoms with Crippen molar-refractivity contribution in [3.05, 3.63) is 22.2 Å². The summed E-state index contributed by atoms with van der Waals surface area (Å²) in [7, 11) is 0. The Hall–Kier alpha value is -1.79. The van der Waals surface area contributed by atoms with Gasteiger partial charge in [0.25, 0.3) is 0 Å². The van der Waals surface area contributed by atoms with Gasteiger partial charge < -0.3 is 19.7 Å². The molecule has 3 rings (SSSR count). The number of hydrogen-bond acceptors (Lipinski definition) is 6. The standard InChI is InChI=1S/C18H21ClO6/c1-9-6-15-14(25-15)5-3-2-4-10(20)7-11-16(18(23)24-9)12(21)8-13(22)17(11)19/h8-9,14-15,21-22H,2-7H2,1H3/t9-,14+,15+/m0/s1. The number of benzene rings is 1. The van der Waals surface area contributed by atoms with Crippen molar-refractivity contribution in [1.82, 2.24) is 0 Å². The largest absolute Gasteiger partial charge is 0.507 e. The normalized spacial score (nSPS) is 27.7. The van der Waals surface area contributed by atoms with E-state index in [0.29, 0.717) is 12.8 Å². The van der Waals surface area contributed by atoms with Crippen molar-refractivity contribution in [2.45, 2.75) is 63.8 Å². The summed E-state index contributed by atoms with van der Waals surface area (Å²) in [6.45, 7) is 1.76. The van der Waals surface area contributed by atoms with Gasteiger partial charge in [-0.25, -0.2) is 4.79 Å². The average molecular weight is 369 g/mol. The van der Waals surface area contributed by atoms with Crippen LogP contribution in [0.15, 0.2) is 6.07 Å². The van der Waals surface area contributed by atoms with E-state index in [1.54, 1.807) is 6.92 Å². The van der Waals surface area contributed by atoms with Gasteiger partial charge in [-0.05, 0) is 19.8 Å². The van der Waals surface area contributed by atoms with E-state index in [1.165, 1.54) is 0 Å². The van der Waals surface area contributed by atoms with Gasteiger partial charge in [0.1, 0.15) is 28.9 Å². The number of aromatic hydroxyl groups is 2. The first kappa shape index (κ1) is 18.0. The van der Waals surface area contributed by atoms with Gasteiger partial charge in [-0.3, -0.25) is 4.79 Å². The Kier molecular flexibility index (Phi) is 5.20. The summed E-state index contributed by atoms with van der Waals surface area (Å²) in [5, 5.41) is 19.8. The van der Waals surface area contributed by atoms with Gasteiger partial charge in [0.2, 0.25) is 0 Å². The highest BCUT2D eigenvalue weighted by molar-refractivity contribution is 6.33. The van der Waals surface area contributed by atoms with Crippen LogP contribution in [0.2, 0.25) is 5.02 Å². The van der Waals surface area contributed by atoms with Crippen molar-refractivity contribution in [3.8, 4) is 11.5 Å². The molecule has 0 bridgehead atoms. The molecule has 0 aliphatic carbocycles. The molecule has 0 aromatic heterocycles. The minimum atomic E-state index is -0.760. The highest BCUT2D eigenvalue weighted by Gasteiger charge is 2.40. The summed E-state index contributed by atoms with van der Waals surface area (Å²) in [6.07, 6.45) is 3.12. The van der Waals surface area contributed by atoms with Crippen LogP contribution in [0.3, 0.4) is 0 Å². The first-order chi connectivity index (χ1) is 11.9. The molecule has 0 spiro atoms. The highest BCUT2D eigenvalue weighted by atomic mass is 35.5. The van der Waals surface area contributed by atoms with E-state index in [0.717, 1.165) is 25.3 Å². The third-order valence-electron chi connectivity index (χ3n) is 4.65. The summed E-state index contributed by atoms with van der Waals surface area (Å²) in [5.41, 5.74) is -0.0488. The van der Waals surface area contributed by atoms with E-state index in [-0.39, 0.29) is 46.3 Å². The number of phenolic OH excluding ortho intramolecular Hbond substituents is 2. The number of hydrogen-bond donors (Lipinski definition) is 2. The number of cyclic esters (lactones) is 1. The number of halogens is 1. The number of fused-ring (bicyclic) bond motifs is 2. The van der Waals surface area contributed by atoms with Gasteiger partial charge in [-0.15, -0.1) is 0 Å². The molecule has 2 aliphatic heterocycles. The fourth-order valence-corrected chi connectivity index (χ4v) is 3.50. The molecule has 2 N–H and O–H groups in total. The molecule has 1 saturated heterocycles. The lowest BCUT2D eigenvalue weighted by Crippen LogP contribution is -2.20. The maximum Gasteiger partial charge on any atom is 0.342 e. The molecule has 1 fully saturated rings. The van der Waals surface area contributed by atoms with Gasteiger partial charge in [-0.2, -0.15) is 0 Å². The molecule has 3 atom stereocenters. The van der Waals surface area contributed by atoms with E-state index in [9.17, 15) is 19.8 Å². The van der Waals surface area contributed by atoms with Crippen molar-refractivity contribution in [1.29, 1.82) is 0 Å². The van der Waals surface area contributed by atoms with Crippen LogP contribution in [0.5, 0.6) is 11.5 Å². The minimum absolute atomic E-state index is 0.0675. The molecule has 1 aromatic carbocycles. The molecule has 2 aliphatic rings. The van der Waals surface area contributed by atoms with Crippen molar-refractivity contribution in [3.63, 3.8) is 0 Å². The number of phenols is 2. The fourth-order valence-electron chi connectivity index (χ4n) is 3.29. The second kappa shape index (κ2) is 7.22. The highest BCUT2D eigenvalue weighted by Crippen LogP contribution is 2.38. The zero-order chi connectivity index (χ0) is 18.1. The zero-order valence-electron chi connectivity index (χ0n) is 14.0. The molecule has 0 amide bonds. The maximum absolute atomic E-state index is 12.5. The zero-order valence-corrected chi connectivity index (χ0v) is 14.7. The van der Waals surface area contributed by atoms with E-state index in [1.807, 2.05) is 0 Å². The Labute approximate surface area is 150 Å². The Morgan fingerprint density at radius 1 is 1.16 bits per heavy atom. The fraction of sp³-hybridized carbons (Fsp3) is 0.556. The summed E-state index contributed by atoms with van der Waals surface area (Å²) in [6, 6.07) is 0.987. The van der Waals surface area contributed by atoms with Crippen LogP contribution in [0.1, 0.15) is 54.9 Å². The Balaban J connectivity index is 1.93. The van der Waals surface area contributed by atoms with Crippen molar-refractivity contribution in [2.75, 3.05) is 0 Å². The third kappa shape index (κ3) is 4.07. The molecular formula is C18H21ClO6. The lowest BCUT2D eigenvalue weighted by Gasteiger charge is -2.17. The molecular weight excluding hydrogens is 348 g/mol. The quantitative estimate of drug-likeness (QED) is 0.539. The molecule has 0 saturated carbocycles. The third-order valence-corrected chi connectivity index (χ3v) is 5.08. The molecule has 136 valence electrons. The van der Waals surface area contributed by atoms with E-state index in [4.69, 9.17) is 21.1 Å². The van der Waals surface area contributed by atoms with Crippen LogP contribution in [-0.4, -0.2) is 40.3 Å². The molecule has 1 aromatic rings. The van der Waals surface area contributed by atoms with E-state index < -0.39 is 17.8 Å². The molecule has 0 unspecified atom stereocenters. The molecule has 7 heteroatoms. The van der Waals surface area contributed by atoms with Gasteiger partial charge in [0.15, 0.2) is 0 Å². The lowest BCUT2D eigenvalue weighted by atomic mass is 9.97. The Morgan fingerprint density at radius 2 is 1.92 bits per heavy atom. The second-order valence-corrected chi connectivity index (χ2v) is 7.09. The number of Topliss-reactive ketones (excluding diaryl/α,β-unsaturated/α-hetero) is 1. The number of esters is 1. The number of carbonyl (C=O) groups excluding carboxylic acids is 2. The smallest absolute Gasteiger partial charge is 0.342 e. The van der Waals surface area contributed by atoms with Crippen molar-refractivity contribution in [2.24, 2.45) is 0 Å². The summed E-state index contributed by atoms with van der Waals surface area (Å²) in [4.78, 5) is 24.8. The van der Waals surface area contributed by atoms with Crippen LogP contribution in [-0.2, 0) is 20.7 Å². The van der Waals surface area contributed by atoms with Crippen LogP contribution >= 0.6 is 11.6 Å². The summed E-state index contributed by atoms with van der Waals surface area (Å²) in [5.74, 6) is -1.69. The second-order valence-electron chi connectivity index (χ2n) is 6.71. The predicted octanol–water partition coefficient (Wildman–Crippen LogP) is 3.14. The lowest BCUT2D eigenvalue weighted by molar-refractivity contribution is -0.118. The number of epoxide rings is 1. The van der Waals surface area contributed by atoms with Crippen LogP contribution < -0.4 is 0 Å². The number of ether oxygens (including phenoxy) is 2. The summed E-state index contributed by atoms with van der Waals surface area (Å²) < 4.78 is 11.0. The van der Waals surface area contributed by atoms with Gasteiger partial charge in [-0.1, -0.05) is 18.0 Å². The van der Waals surface area contributed by atoms with Gasteiger partial charge in [0, 0.05) is 30.9 Å². The first-order valence-electron chi connectivity index (χ1n) is 8.48. The van der Waals surface area contributed by atoms with Gasteiger partial charge >= 0.3 is 5.97 Å². The SMILES string of the molecule is C[C@H]1C[C@H]2O[C@@H]2CCCCC(=O)Cc2c(Cl)c(O)cc(O)c2C(=O)O1. The number of carbonyl (C=O) groups is 2. The molecule has 6 nitrogen and oxygen atoms in total. The Morgan fingerprint density at radius 3 is 2.68 bits per heavy atom.